The van der Waals surface area contributed by atoms with Gasteiger partial charge in [-0.3, -0.25) is 9.59 Å². The molecule has 2 heterocycles. The predicted octanol–water partition coefficient (Wildman–Crippen LogP) is 4.05. The molecule has 0 bridgehead atoms. The van der Waals surface area contributed by atoms with Gasteiger partial charge in [-0.25, -0.2) is 14.6 Å². The van der Waals surface area contributed by atoms with Gasteiger partial charge in [-0.2, -0.15) is 0 Å². The summed E-state index contributed by atoms with van der Waals surface area (Å²) in [5.41, 5.74) is -1.54. The van der Waals surface area contributed by atoms with Crippen molar-refractivity contribution in [1.82, 2.24) is 20.5 Å². The van der Waals surface area contributed by atoms with Gasteiger partial charge in [0.15, 0.2) is 0 Å². The molecule has 6 rings (SSSR count). The topological polar surface area (TPSA) is 177 Å². The Bertz CT molecular complexity index is 1650. The van der Waals surface area contributed by atoms with E-state index in [9.17, 15) is 29.4 Å². The standard InChI is InChI=1S/C35H45ClN4O9/c1-6-19-14-35(19,32(44)45)39-30(42)24-13-22(48-26-12-20(16-41)37-28-23(26)7-8-25(47-5)27(28)36)15-40(24)31(43)29(34(2,3)4)38-33(46)49-21-10-17-9-18(17)11-21/h7-8,12,17-19,21-22,24,29,41H,6,9-11,13-16H2,1-5H3,(H,38,46)(H,39,42)(H,44,45)/t17-,18+,19-,21?,22-,24+,29-,35-/m1/s1. The van der Waals surface area contributed by atoms with E-state index in [1.165, 1.54) is 18.4 Å². The lowest BCUT2D eigenvalue weighted by Gasteiger charge is -2.35. The highest BCUT2D eigenvalue weighted by Gasteiger charge is 2.61. The van der Waals surface area contributed by atoms with Crippen LogP contribution in [-0.2, 0) is 25.7 Å². The molecule has 0 radical (unpaired) electrons. The van der Waals surface area contributed by atoms with E-state index < -0.39 is 59.6 Å². The predicted molar refractivity (Wildman–Crippen MR) is 178 cm³/mol. The smallest absolute Gasteiger partial charge is 0.408 e. The molecule has 1 unspecified atom stereocenters. The third-order valence-corrected chi connectivity index (χ3v) is 11.0. The minimum atomic E-state index is -1.40. The van der Waals surface area contributed by atoms with Crippen LogP contribution in [0.4, 0.5) is 4.79 Å². The number of alkyl carbamates (subject to hydrolysis) is 1. The highest BCUT2D eigenvalue weighted by molar-refractivity contribution is 6.36. The summed E-state index contributed by atoms with van der Waals surface area (Å²) in [5, 5.41) is 26.3. The molecule has 2 aromatic rings. The first kappa shape index (κ1) is 35.0. The summed E-state index contributed by atoms with van der Waals surface area (Å²) in [5.74, 6) is -0.540. The monoisotopic (exact) mass is 700 g/mol. The van der Waals surface area contributed by atoms with Crippen LogP contribution in [0.1, 0.15) is 71.9 Å². The zero-order valence-electron chi connectivity index (χ0n) is 28.5. The lowest BCUT2D eigenvalue weighted by Crippen LogP contribution is -2.59. The molecule has 0 spiro atoms. The Balaban J connectivity index is 1.28. The van der Waals surface area contributed by atoms with Crippen LogP contribution in [0.25, 0.3) is 10.9 Å². The number of nitrogens with one attached hydrogen (secondary N) is 2. The van der Waals surface area contributed by atoms with Crippen molar-refractivity contribution < 1.29 is 43.6 Å². The van der Waals surface area contributed by atoms with Crippen LogP contribution >= 0.6 is 11.6 Å². The number of fused-ring (bicyclic) bond motifs is 2. The Morgan fingerprint density at radius 3 is 2.41 bits per heavy atom. The summed E-state index contributed by atoms with van der Waals surface area (Å²) in [7, 11) is 1.48. The van der Waals surface area contributed by atoms with Crippen LogP contribution in [0.3, 0.4) is 0 Å². The number of amides is 3. The van der Waals surface area contributed by atoms with Gasteiger partial charge in [0.25, 0.3) is 0 Å². The number of aliphatic hydroxyl groups excluding tert-OH is 1. The van der Waals surface area contributed by atoms with Crippen molar-refractivity contribution in [3.8, 4) is 11.5 Å². The third-order valence-electron chi connectivity index (χ3n) is 10.6. The maximum absolute atomic E-state index is 14.4. The molecule has 3 saturated carbocycles. The van der Waals surface area contributed by atoms with Crippen LogP contribution in [0.15, 0.2) is 18.2 Å². The zero-order valence-corrected chi connectivity index (χ0v) is 29.2. The van der Waals surface area contributed by atoms with Gasteiger partial charge in [0.2, 0.25) is 11.8 Å². The second kappa shape index (κ2) is 13.1. The van der Waals surface area contributed by atoms with Crippen LogP contribution in [0.2, 0.25) is 5.02 Å². The number of carboxylic acid groups (broad SMARTS) is 1. The van der Waals surface area contributed by atoms with E-state index in [4.69, 9.17) is 25.8 Å². The first-order valence-electron chi connectivity index (χ1n) is 17.0. The minimum absolute atomic E-state index is 0.0361. The number of aromatic nitrogens is 1. The fourth-order valence-electron chi connectivity index (χ4n) is 7.62. The molecule has 4 N–H and O–H groups in total. The molecule has 14 heteroatoms. The number of aliphatic hydroxyl groups is 1. The molecule has 4 aliphatic rings. The van der Waals surface area contributed by atoms with Gasteiger partial charge < -0.3 is 40.0 Å². The maximum atomic E-state index is 14.4. The van der Waals surface area contributed by atoms with Crippen molar-refractivity contribution in [1.29, 1.82) is 0 Å². The lowest BCUT2D eigenvalue weighted by molar-refractivity contribution is -0.146. The number of aliphatic carboxylic acids is 1. The molecule has 13 nitrogen and oxygen atoms in total. The number of benzene rings is 1. The molecule has 49 heavy (non-hydrogen) atoms. The Morgan fingerprint density at radius 2 is 1.82 bits per heavy atom. The van der Waals surface area contributed by atoms with Gasteiger partial charge >= 0.3 is 12.1 Å². The molecule has 4 fully saturated rings. The number of halogens is 1. The van der Waals surface area contributed by atoms with Gasteiger partial charge in [-0.1, -0.05) is 45.7 Å². The Labute approximate surface area is 290 Å². The number of rotatable bonds is 11. The Kier molecular flexibility index (Phi) is 9.38. The third kappa shape index (κ3) is 6.84. The van der Waals surface area contributed by atoms with E-state index >= 15 is 0 Å². The van der Waals surface area contributed by atoms with E-state index in [0.29, 0.717) is 47.1 Å². The lowest BCUT2D eigenvalue weighted by atomic mass is 9.85. The summed E-state index contributed by atoms with van der Waals surface area (Å²) >= 11 is 6.56. The molecular weight excluding hydrogens is 656 g/mol. The summed E-state index contributed by atoms with van der Waals surface area (Å²) in [6.45, 7) is 6.87. The van der Waals surface area contributed by atoms with Crippen molar-refractivity contribution in [3.63, 3.8) is 0 Å². The first-order valence-corrected chi connectivity index (χ1v) is 17.3. The SMILES string of the molecule is CC[C@@H]1C[C@]1(NC(=O)[C@@H]1C[C@@H](Oc2cc(CO)nc3c(Cl)c(OC)ccc23)CN1C(=O)[C@@H](NC(=O)OC1C[C@@H]2C[C@@H]2C1)C(C)(C)C)C(=O)O. The second-order valence-corrected chi connectivity index (χ2v) is 15.4. The summed E-state index contributed by atoms with van der Waals surface area (Å²) in [6.07, 6.45) is 2.13. The summed E-state index contributed by atoms with van der Waals surface area (Å²) in [6, 6.07) is 2.81. The van der Waals surface area contributed by atoms with Gasteiger partial charge in [0, 0.05) is 17.9 Å². The Hall–Kier alpha value is -3.84. The molecule has 1 aromatic heterocycles. The first-order chi connectivity index (χ1) is 23.2. The largest absolute Gasteiger partial charge is 0.495 e. The minimum Gasteiger partial charge on any atom is -0.495 e. The quantitative estimate of drug-likeness (QED) is 0.268. The van der Waals surface area contributed by atoms with Crippen molar-refractivity contribution in [2.75, 3.05) is 13.7 Å². The van der Waals surface area contributed by atoms with Crippen molar-refractivity contribution in [2.45, 2.75) is 103 Å². The number of carbonyl (C=O) groups excluding carboxylic acids is 3. The van der Waals surface area contributed by atoms with E-state index in [-0.39, 0.29) is 35.7 Å². The fourth-order valence-corrected chi connectivity index (χ4v) is 7.90. The van der Waals surface area contributed by atoms with Crippen LogP contribution in [0.5, 0.6) is 11.5 Å². The number of ether oxygens (including phenoxy) is 3. The molecule has 3 amide bonds. The van der Waals surface area contributed by atoms with Gasteiger partial charge in [0.1, 0.15) is 46.4 Å². The van der Waals surface area contributed by atoms with Gasteiger partial charge in [-0.05, 0) is 61.0 Å². The molecular formula is C35H45ClN4O9. The van der Waals surface area contributed by atoms with E-state index in [0.717, 1.165) is 12.8 Å². The number of likely N-dealkylation sites (tertiary alicyclic amines) is 1. The van der Waals surface area contributed by atoms with E-state index in [1.807, 2.05) is 27.7 Å². The number of carboxylic acids is 1. The summed E-state index contributed by atoms with van der Waals surface area (Å²) < 4.78 is 17.5. The number of carbonyl (C=O) groups is 4. The average Bonchev–Trinajstić information content (AvgIpc) is 3.86. The number of methoxy groups -OCH3 is 1. The fraction of sp³-hybridized carbons (Fsp3) is 0.629. The highest BCUT2D eigenvalue weighted by Crippen LogP contribution is 2.52. The van der Waals surface area contributed by atoms with Crippen LogP contribution in [0, 0.1) is 23.2 Å². The number of nitrogens with zero attached hydrogens (tertiary/aromatic N) is 2. The molecule has 3 aliphatic carbocycles. The number of hydrogen-bond donors (Lipinski definition) is 4. The molecule has 266 valence electrons. The second-order valence-electron chi connectivity index (χ2n) is 15.0. The van der Waals surface area contributed by atoms with E-state index in [2.05, 4.69) is 15.6 Å². The average molecular weight is 701 g/mol. The Morgan fingerprint density at radius 1 is 1.10 bits per heavy atom. The molecule has 1 aliphatic heterocycles. The zero-order chi connectivity index (χ0) is 35.4. The molecule has 1 saturated heterocycles. The van der Waals surface area contributed by atoms with Gasteiger partial charge in [-0.15, -0.1) is 0 Å². The van der Waals surface area contributed by atoms with E-state index in [1.54, 1.807) is 18.2 Å². The highest BCUT2D eigenvalue weighted by atomic mass is 35.5. The number of hydrogen-bond acceptors (Lipinski definition) is 9. The molecule has 1 aromatic carbocycles. The van der Waals surface area contributed by atoms with Gasteiger partial charge in [0.05, 0.1) is 31.5 Å². The van der Waals surface area contributed by atoms with Crippen molar-refractivity contribution >= 4 is 46.4 Å². The van der Waals surface area contributed by atoms with Crippen LogP contribution < -0.4 is 20.1 Å². The number of pyridine rings is 1. The molecule has 8 atom stereocenters. The van der Waals surface area contributed by atoms with Crippen LogP contribution in [-0.4, -0.2) is 87.5 Å². The van der Waals surface area contributed by atoms with Crippen molar-refractivity contribution in [2.24, 2.45) is 23.2 Å². The summed E-state index contributed by atoms with van der Waals surface area (Å²) in [4.78, 5) is 59.6. The normalized spacial score (nSPS) is 29.2. The maximum Gasteiger partial charge on any atom is 0.408 e. The van der Waals surface area contributed by atoms with Crippen molar-refractivity contribution in [3.05, 3.63) is 28.9 Å².